The SMILES string of the molecule is CCn1c(SCC(=O)N/N=C\c2ccc(O)cc2O)nnc1-c1ccc(C)cc1. The van der Waals surface area contributed by atoms with E-state index in [1.165, 1.54) is 41.7 Å². The molecule has 1 heterocycles. The molecule has 0 radical (unpaired) electrons. The molecule has 1 aromatic heterocycles. The van der Waals surface area contributed by atoms with Crippen LogP contribution in [0.25, 0.3) is 11.4 Å². The predicted octanol–water partition coefficient (Wildman–Crippen LogP) is 2.93. The van der Waals surface area contributed by atoms with E-state index in [0.29, 0.717) is 17.3 Å². The van der Waals surface area contributed by atoms with E-state index in [9.17, 15) is 15.0 Å². The minimum absolute atomic E-state index is 0.0508. The normalized spacial score (nSPS) is 11.1. The van der Waals surface area contributed by atoms with Crippen LogP contribution in [0.1, 0.15) is 18.1 Å². The first-order valence-corrected chi connectivity index (χ1v) is 9.93. The van der Waals surface area contributed by atoms with Gasteiger partial charge in [-0.05, 0) is 26.0 Å². The van der Waals surface area contributed by atoms with Gasteiger partial charge in [-0.2, -0.15) is 5.10 Å². The number of carbonyl (C=O) groups is 1. The number of hydrazone groups is 1. The van der Waals surface area contributed by atoms with Gasteiger partial charge in [-0.3, -0.25) is 4.79 Å². The minimum Gasteiger partial charge on any atom is -0.508 e. The van der Waals surface area contributed by atoms with Crippen molar-refractivity contribution in [3.05, 3.63) is 53.6 Å². The molecule has 3 rings (SSSR count). The van der Waals surface area contributed by atoms with E-state index in [0.717, 1.165) is 11.4 Å². The first kappa shape index (κ1) is 20.4. The van der Waals surface area contributed by atoms with Crippen LogP contribution < -0.4 is 5.43 Å². The number of aromatic nitrogens is 3. The van der Waals surface area contributed by atoms with Crippen molar-refractivity contribution in [2.75, 3.05) is 5.75 Å². The topological polar surface area (TPSA) is 113 Å². The second-order valence-electron chi connectivity index (χ2n) is 6.24. The quantitative estimate of drug-likeness (QED) is 0.313. The van der Waals surface area contributed by atoms with Crippen molar-refractivity contribution >= 4 is 23.9 Å². The van der Waals surface area contributed by atoms with Gasteiger partial charge in [0.05, 0.1) is 12.0 Å². The van der Waals surface area contributed by atoms with Crippen LogP contribution in [-0.4, -0.2) is 42.9 Å². The summed E-state index contributed by atoms with van der Waals surface area (Å²) in [5.74, 6) is 0.385. The Labute approximate surface area is 172 Å². The summed E-state index contributed by atoms with van der Waals surface area (Å²) in [5, 5.41) is 31.9. The Morgan fingerprint density at radius 3 is 2.66 bits per heavy atom. The maximum absolute atomic E-state index is 12.1. The molecule has 0 atom stereocenters. The van der Waals surface area contributed by atoms with E-state index >= 15 is 0 Å². The Bertz CT molecular complexity index is 1030. The molecule has 3 N–H and O–H groups in total. The summed E-state index contributed by atoms with van der Waals surface area (Å²) in [7, 11) is 0. The van der Waals surface area contributed by atoms with Gasteiger partial charge in [0.25, 0.3) is 5.91 Å². The first-order valence-electron chi connectivity index (χ1n) is 8.95. The van der Waals surface area contributed by atoms with E-state index < -0.39 is 0 Å². The molecule has 1 amide bonds. The van der Waals surface area contributed by atoms with Crippen LogP contribution in [0.3, 0.4) is 0 Å². The smallest absolute Gasteiger partial charge is 0.250 e. The van der Waals surface area contributed by atoms with E-state index in [-0.39, 0.29) is 23.2 Å². The molecule has 0 saturated heterocycles. The molecule has 0 aliphatic heterocycles. The third-order valence-corrected chi connectivity index (χ3v) is 5.05. The Morgan fingerprint density at radius 2 is 1.97 bits per heavy atom. The number of nitrogens with zero attached hydrogens (tertiary/aromatic N) is 4. The van der Waals surface area contributed by atoms with Crippen molar-refractivity contribution in [2.45, 2.75) is 25.5 Å². The molecule has 0 aliphatic carbocycles. The fourth-order valence-electron chi connectivity index (χ4n) is 2.57. The summed E-state index contributed by atoms with van der Waals surface area (Å²) in [6, 6.07) is 12.2. The van der Waals surface area contributed by atoms with E-state index in [1.54, 1.807) is 0 Å². The molecule has 0 bridgehead atoms. The van der Waals surface area contributed by atoms with Crippen LogP contribution in [0.4, 0.5) is 0 Å². The molecule has 0 saturated carbocycles. The molecule has 8 nitrogen and oxygen atoms in total. The number of aromatic hydroxyl groups is 2. The van der Waals surface area contributed by atoms with Crippen molar-refractivity contribution in [3.8, 4) is 22.9 Å². The zero-order valence-corrected chi connectivity index (χ0v) is 16.8. The monoisotopic (exact) mass is 411 g/mol. The number of benzene rings is 2. The van der Waals surface area contributed by atoms with Crippen LogP contribution in [-0.2, 0) is 11.3 Å². The number of nitrogens with one attached hydrogen (secondary N) is 1. The number of hydrogen-bond acceptors (Lipinski definition) is 7. The van der Waals surface area contributed by atoms with Gasteiger partial charge in [0.15, 0.2) is 11.0 Å². The summed E-state index contributed by atoms with van der Waals surface area (Å²) in [5.41, 5.74) is 4.92. The second kappa shape index (κ2) is 9.24. The number of carbonyl (C=O) groups excluding carboxylic acids is 1. The highest BCUT2D eigenvalue weighted by atomic mass is 32.2. The van der Waals surface area contributed by atoms with Gasteiger partial charge in [-0.1, -0.05) is 41.6 Å². The fraction of sp³-hybridized carbons (Fsp3) is 0.200. The third-order valence-electron chi connectivity index (χ3n) is 4.08. The highest BCUT2D eigenvalue weighted by Crippen LogP contribution is 2.24. The van der Waals surface area contributed by atoms with Crippen molar-refractivity contribution in [1.29, 1.82) is 0 Å². The number of hydrogen-bond donors (Lipinski definition) is 3. The molecule has 0 unspecified atom stereocenters. The highest BCUT2D eigenvalue weighted by Gasteiger charge is 2.14. The van der Waals surface area contributed by atoms with Gasteiger partial charge in [0.2, 0.25) is 0 Å². The maximum atomic E-state index is 12.1. The van der Waals surface area contributed by atoms with E-state index in [1.807, 2.05) is 42.7 Å². The van der Waals surface area contributed by atoms with Gasteiger partial charge in [-0.15, -0.1) is 10.2 Å². The summed E-state index contributed by atoms with van der Waals surface area (Å²) in [6.07, 6.45) is 1.31. The largest absolute Gasteiger partial charge is 0.508 e. The van der Waals surface area contributed by atoms with E-state index in [2.05, 4.69) is 20.7 Å². The molecule has 150 valence electrons. The molecule has 2 aromatic carbocycles. The van der Waals surface area contributed by atoms with Crippen LogP contribution in [0.2, 0.25) is 0 Å². The average molecular weight is 411 g/mol. The Morgan fingerprint density at radius 1 is 1.21 bits per heavy atom. The minimum atomic E-state index is -0.313. The molecule has 0 spiro atoms. The molecule has 3 aromatic rings. The lowest BCUT2D eigenvalue weighted by atomic mass is 10.1. The lowest BCUT2D eigenvalue weighted by Gasteiger charge is -2.07. The van der Waals surface area contributed by atoms with Crippen molar-refractivity contribution in [2.24, 2.45) is 5.10 Å². The third kappa shape index (κ3) is 5.14. The zero-order valence-electron chi connectivity index (χ0n) is 16.0. The standard InChI is InChI=1S/C20H21N5O3S/c1-3-25-19(14-6-4-13(2)5-7-14)23-24-20(25)29-12-18(28)22-21-11-15-8-9-16(26)10-17(15)27/h4-11,26-27H,3,12H2,1-2H3,(H,22,28)/b21-11-. The van der Waals surface area contributed by atoms with E-state index in [4.69, 9.17) is 0 Å². The summed E-state index contributed by atoms with van der Waals surface area (Å²) < 4.78 is 1.96. The lowest BCUT2D eigenvalue weighted by molar-refractivity contribution is -0.118. The van der Waals surface area contributed by atoms with Gasteiger partial charge < -0.3 is 14.8 Å². The summed E-state index contributed by atoms with van der Waals surface area (Å²) in [4.78, 5) is 12.1. The number of aryl methyl sites for hydroxylation is 1. The summed E-state index contributed by atoms with van der Waals surface area (Å²) in [6.45, 7) is 4.71. The van der Waals surface area contributed by atoms with Crippen molar-refractivity contribution in [1.82, 2.24) is 20.2 Å². The Balaban J connectivity index is 1.60. The zero-order chi connectivity index (χ0) is 20.8. The Kier molecular flexibility index (Phi) is 6.50. The number of phenols is 2. The van der Waals surface area contributed by atoms with Gasteiger partial charge >= 0.3 is 0 Å². The molecule has 0 fully saturated rings. The first-order chi connectivity index (χ1) is 14.0. The fourth-order valence-corrected chi connectivity index (χ4v) is 3.37. The highest BCUT2D eigenvalue weighted by molar-refractivity contribution is 7.99. The number of thioether (sulfide) groups is 1. The van der Waals surface area contributed by atoms with Crippen molar-refractivity contribution < 1.29 is 15.0 Å². The van der Waals surface area contributed by atoms with Gasteiger partial charge in [0.1, 0.15) is 11.5 Å². The van der Waals surface area contributed by atoms with Crippen LogP contribution in [0.15, 0.2) is 52.7 Å². The Hall–Kier alpha value is -3.33. The maximum Gasteiger partial charge on any atom is 0.250 e. The molecular formula is C20H21N5O3S. The number of amides is 1. The van der Waals surface area contributed by atoms with Crippen LogP contribution in [0.5, 0.6) is 11.5 Å². The summed E-state index contributed by atoms with van der Waals surface area (Å²) >= 11 is 1.27. The predicted molar refractivity (Wildman–Crippen MR) is 112 cm³/mol. The molecule has 0 aliphatic rings. The number of phenolic OH excluding ortho intramolecular Hbond substituents is 2. The van der Waals surface area contributed by atoms with Crippen LogP contribution >= 0.6 is 11.8 Å². The molecular weight excluding hydrogens is 390 g/mol. The van der Waals surface area contributed by atoms with Crippen molar-refractivity contribution in [3.63, 3.8) is 0 Å². The second-order valence-corrected chi connectivity index (χ2v) is 7.18. The molecule has 29 heavy (non-hydrogen) atoms. The number of rotatable bonds is 7. The lowest BCUT2D eigenvalue weighted by Crippen LogP contribution is -2.20. The van der Waals surface area contributed by atoms with Gasteiger partial charge in [-0.25, -0.2) is 5.43 Å². The molecule has 9 heteroatoms. The van der Waals surface area contributed by atoms with Gasteiger partial charge in [0, 0.05) is 23.7 Å². The average Bonchev–Trinajstić information content (AvgIpc) is 3.11. The van der Waals surface area contributed by atoms with Crippen LogP contribution in [0, 0.1) is 6.92 Å².